The van der Waals surface area contributed by atoms with Gasteiger partial charge in [-0.1, -0.05) is 18.2 Å². The second kappa shape index (κ2) is 6.47. The Balaban J connectivity index is 1.86. The molecular formula is C16H16BrN5O. The van der Waals surface area contributed by atoms with Crippen LogP contribution in [0.3, 0.4) is 0 Å². The van der Waals surface area contributed by atoms with Crippen molar-refractivity contribution in [3.05, 3.63) is 58.5 Å². The van der Waals surface area contributed by atoms with Crippen molar-refractivity contribution in [3.63, 3.8) is 0 Å². The Labute approximate surface area is 142 Å². The first-order chi connectivity index (χ1) is 11.0. The number of fused-ring (bicyclic) bond motifs is 1. The predicted molar refractivity (Wildman–Crippen MR) is 92.5 cm³/mol. The molecule has 0 saturated carbocycles. The average molecular weight is 374 g/mol. The topological polar surface area (TPSA) is 62.5 Å². The number of carbonyl (C=O) groups excluding carboxylic acids is 1. The summed E-state index contributed by atoms with van der Waals surface area (Å²) in [5.74, 6) is -0.182. The molecule has 2 aromatic heterocycles. The smallest absolute Gasteiger partial charge is 0.295 e. The Bertz CT molecular complexity index is 859. The van der Waals surface area contributed by atoms with Crippen molar-refractivity contribution in [1.29, 1.82) is 0 Å². The third-order valence-corrected chi connectivity index (χ3v) is 3.72. The number of para-hydroxylation sites is 1. The predicted octanol–water partition coefficient (Wildman–Crippen LogP) is 2.81. The lowest BCUT2D eigenvalue weighted by molar-refractivity contribution is 0.101. The van der Waals surface area contributed by atoms with Crippen LogP contribution in [-0.2, 0) is 6.54 Å². The molecule has 0 saturated heterocycles. The van der Waals surface area contributed by atoms with Crippen LogP contribution in [0, 0.1) is 0 Å². The molecule has 3 rings (SSSR count). The number of anilines is 1. The SMILES string of the molecule is CN(C)Cc1ccccc1NC(=O)c1nc2ccc(Br)cn2n1. The summed E-state index contributed by atoms with van der Waals surface area (Å²) in [6.45, 7) is 0.738. The highest BCUT2D eigenvalue weighted by Crippen LogP contribution is 2.17. The van der Waals surface area contributed by atoms with Crippen molar-refractivity contribution in [2.45, 2.75) is 6.54 Å². The van der Waals surface area contributed by atoms with E-state index in [-0.39, 0.29) is 11.7 Å². The zero-order valence-electron chi connectivity index (χ0n) is 12.8. The van der Waals surface area contributed by atoms with Gasteiger partial charge in [0, 0.05) is 22.9 Å². The van der Waals surface area contributed by atoms with Crippen LogP contribution < -0.4 is 5.32 Å². The van der Waals surface area contributed by atoms with Crippen LogP contribution in [0.5, 0.6) is 0 Å². The number of rotatable bonds is 4. The maximum absolute atomic E-state index is 12.4. The highest BCUT2D eigenvalue weighted by molar-refractivity contribution is 9.10. The number of amides is 1. The second-order valence-corrected chi connectivity index (χ2v) is 6.35. The van der Waals surface area contributed by atoms with Crippen LogP contribution in [0.15, 0.2) is 47.1 Å². The average Bonchev–Trinajstić information content (AvgIpc) is 2.92. The Morgan fingerprint density at radius 2 is 2.04 bits per heavy atom. The lowest BCUT2D eigenvalue weighted by atomic mass is 10.1. The Hall–Kier alpha value is -2.25. The van der Waals surface area contributed by atoms with Gasteiger partial charge in [0.15, 0.2) is 5.65 Å². The van der Waals surface area contributed by atoms with E-state index >= 15 is 0 Å². The fraction of sp³-hybridized carbons (Fsp3) is 0.188. The van der Waals surface area contributed by atoms with Gasteiger partial charge in [-0.3, -0.25) is 4.79 Å². The number of hydrogen-bond donors (Lipinski definition) is 1. The molecule has 3 aromatic rings. The molecule has 1 N–H and O–H groups in total. The number of halogens is 1. The van der Waals surface area contributed by atoms with Gasteiger partial charge in [0.25, 0.3) is 5.91 Å². The number of nitrogens with zero attached hydrogens (tertiary/aromatic N) is 4. The van der Waals surface area contributed by atoms with Crippen molar-refractivity contribution in [1.82, 2.24) is 19.5 Å². The molecule has 0 aliphatic carbocycles. The van der Waals surface area contributed by atoms with E-state index in [9.17, 15) is 4.79 Å². The molecular weight excluding hydrogens is 358 g/mol. The summed E-state index contributed by atoms with van der Waals surface area (Å²) in [5, 5.41) is 7.11. The van der Waals surface area contributed by atoms with Crippen molar-refractivity contribution in [3.8, 4) is 0 Å². The first-order valence-electron chi connectivity index (χ1n) is 7.09. The zero-order chi connectivity index (χ0) is 16.4. The molecule has 0 aliphatic heterocycles. The van der Waals surface area contributed by atoms with Crippen LogP contribution in [0.25, 0.3) is 5.65 Å². The second-order valence-electron chi connectivity index (χ2n) is 5.43. The van der Waals surface area contributed by atoms with Gasteiger partial charge in [-0.05, 0) is 53.8 Å². The van der Waals surface area contributed by atoms with Crippen LogP contribution >= 0.6 is 15.9 Å². The van der Waals surface area contributed by atoms with Gasteiger partial charge >= 0.3 is 0 Å². The first-order valence-corrected chi connectivity index (χ1v) is 7.88. The number of hydrogen-bond acceptors (Lipinski definition) is 4. The largest absolute Gasteiger partial charge is 0.319 e. The maximum Gasteiger partial charge on any atom is 0.295 e. The lowest BCUT2D eigenvalue weighted by Gasteiger charge is -2.14. The van der Waals surface area contributed by atoms with Gasteiger partial charge in [0.05, 0.1) is 0 Å². The number of carbonyl (C=O) groups is 1. The third-order valence-electron chi connectivity index (χ3n) is 3.25. The minimum Gasteiger partial charge on any atom is -0.319 e. The molecule has 1 aromatic carbocycles. The van der Waals surface area contributed by atoms with Crippen molar-refractivity contribution < 1.29 is 4.79 Å². The summed E-state index contributed by atoms with van der Waals surface area (Å²) >= 11 is 3.37. The van der Waals surface area contributed by atoms with Gasteiger partial charge in [-0.2, -0.15) is 0 Å². The van der Waals surface area contributed by atoms with Crippen molar-refractivity contribution in [2.24, 2.45) is 0 Å². The molecule has 0 fully saturated rings. The molecule has 0 spiro atoms. The van der Waals surface area contributed by atoms with Gasteiger partial charge in [0.1, 0.15) is 0 Å². The third kappa shape index (κ3) is 3.57. The highest BCUT2D eigenvalue weighted by atomic mass is 79.9. The molecule has 1 amide bonds. The molecule has 118 valence electrons. The molecule has 0 atom stereocenters. The molecule has 0 radical (unpaired) electrons. The summed E-state index contributed by atoms with van der Waals surface area (Å²) in [6, 6.07) is 11.4. The van der Waals surface area contributed by atoms with E-state index in [4.69, 9.17) is 0 Å². The quantitative estimate of drug-likeness (QED) is 0.763. The van der Waals surface area contributed by atoms with Crippen LogP contribution in [0.1, 0.15) is 16.2 Å². The Kier molecular flexibility index (Phi) is 4.40. The van der Waals surface area contributed by atoms with E-state index in [1.54, 1.807) is 16.8 Å². The Morgan fingerprint density at radius 3 is 2.83 bits per heavy atom. The van der Waals surface area contributed by atoms with Crippen LogP contribution in [-0.4, -0.2) is 39.5 Å². The lowest BCUT2D eigenvalue weighted by Crippen LogP contribution is -2.17. The number of pyridine rings is 1. The van der Waals surface area contributed by atoms with E-state index in [1.165, 1.54) is 0 Å². The summed E-state index contributed by atoms with van der Waals surface area (Å²) in [4.78, 5) is 18.7. The number of aromatic nitrogens is 3. The van der Waals surface area contributed by atoms with E-state index in [0.29, 0.717) is 5.65 Å². The zero-order valence-corrected chi connectivity index (χ0v) is 14.4. The van der Waals surface area contributed by atoms with Gasteiger partial charge in [0.2, 0.25) is 5.82 Å². The Morgan fingerprint density at radius 1 is 1.26 bits per heavy atom. The van der Waals surface area contributed by atoms with Gasteiger partial charge in [-0.25, -0.2) is 9.50 Å². The highest BCUT2D eigenvalue weighted by Gasteiger charge is 2.15. The summed E-state index contributed by atoms with van der Waals surface area (Å²) in [6.07, 6.45) is 1.76. The minimum atomic E-state index is -0.323. The number of benzene rings is 1. The molecule has 0 aliphatic rings. The summed E-state index contributed by atoms with van der Waals surface area (Å²) < 4.78 is 2.45. The standard InChI is InChI=1S/C16H16BrN5O/c1-21(2)9-11-5-3-4-6-13(11)18-16(23)15-19-14-8-7-12(17)10-22(14)20-15/h3-8,10H,9H2,1-2H3,(H,18,23). The van der Waals surface area contributed by atoms with Gasteiger partial charge < -0.3 is 10.2 Å². The maximum atomic E-state index is 12.4. The fourth-order valence-corrected chi connectivity index (χ4v) is 2.58. The van der Waals surface area contributed by atoms with Crippen molar-refractivity contribution >= 4 is 33.2 Å². The fourth-order valence-electron chi connectivity index (χ4n) is 2.25. The van der Waals surface area contributed by atoms with E-state index in [0.717, 1.165) is 22.3 Å². The first kappa shape index (κ1) is 15.6. The normalized spacial score (nSPS) is 11.1. The molecule has 0 bridgehead atoms. The van der Waals surface area contributed by atoms with E-state index in [1.807, 2.05) is 49.3 Å². The van der Waals surface area contributed by atoms with E-state index in [2.05, 4.69) is 31.3 Å². The minimum absolute atomic E-state index is 0.141. The molecule has 0 unspecified atom stereocenters. The van der Waals surface area contributed by atoms with Gasteiger partial charge in [-0.15, -0.1) is 5.10 Å². The summed E-state index contributed by atoms with van der Waals surface area (Å²) in [5.41, 5.74) is 2.43. The molecule has 2 heterocycles. The number of nitrogens with one attached hydrogen (secondary N) is 1. The summed E-state index contributed by atoms with van der Waals surface area (Å²) in [7, 11) is 3.97. The molecule has 23 heavy (non-hydrogen) atoms. The molecule has 7 heteroatoms. The van der Waals surface area contributed by atoms with Crippen LogP contribution in [0.4, 0.5) is 5.69 Å². The van der Waals surface area contributed by atoms with Crippen LogP contribution in [0.2, 0.25) is 0 Å². The molecule has 6 nitrogen and oxygen atoms in total. The van der Waals surface area contributed by atoms with E-state index < -0.39 is 0 Å². The monoisotopic (exact) mass is 373 g/mol. The van der Waals surface area contributed by atoms with Crippen molar-refractivity contribution in [2.75, 3.05) is 19.4 Å².